The monoisotopic (exact) mass is 407 g/mol. The quantitative estimate of drug-likeness (QED) is 0.531. The first kappa shape index (κ1) is 20.0. The van der Waals surface area contributed by atoms with Gasteiger partial charge in [0.15, 0.2) is 0 Å². The summed E-state index contributed by atoms with van der Waals surface area (Å²) < 4.78 is 43.2. The molecule has 0 aliphatic rings. The topological polar surface area (TPSA) is 57.7 Å². The molecule has 1 heterocycles. The number of esters is 1. The molecule has 148 valence electrons. The minimum Gasteiger partial charge on any atom is -0.497 e. The van der Waals surface area contributed by atoms with Crippen LogP contribution in [-0.4, -0.2) is 30.8 Å². The number of nitrogens with zero attached hydrogens (tertiary/aromatic N) is 1. The Morgan fingerprint density at radius 3 is 2.46 bits per heavy atom. The Kier molecular flexibility index (Phi) is 5.51. The van der Waals surface area contributed by atoms with Crippen LogP contribution in [-0.2, 0) is 9.53 Å². The smallest absolute Gasteiger partial charge is 0.497 e. The maximum absolute atomic E-state index is 14.0. The lowest BCUT2D eigenvalue weighted by Crippen LogP contribution is -2.37. The molecule has 0 atom stereocenters. The molecule has 0 aliphatic carbocycles. The van der Waals surface area contributed by atoms with Crippen molar-refractivity contribution >= 4 is 27.5 Å². The van der Waals surface area contributed by atoms with Crippen LogP contribution in [0.5, 0.6) is 11.5 Å². The van der Waals surface area contributed by atoms with Gasteiger partial charge in [0.05, 0.1) is 23.9 Å². The molecule has 0 aliphatic heterocycles. The van der Waals surface area contributed by atoms with E-state index in [1.165, 1.54) is 18.3 Å². The van der Waals surface area contributed by atoms with Gasteiger partial charge < -0.3 is 14.2 Å². The molecule has 5 nitrogen and oxygen atoms in total. The summed E-state index contributed by atoms with van der Waals surface area (Å²) in [5, 5.41) is 0.748. The van der Waals surface area contributed by atoms with Crippen LogP contribution in [0.3, 0.4) is 0 Å². The maximum atomic E-state index is 14.0. The SMILES string of the molecule is CCOC(=O)C(F)(F)Oc1c(C)cc(-c2nc3ccc(OC)cc3s2)cc1C. The van der Waals surface area contributed by atoms with Crippen LogP contribution >= 0.6 is 11.3 Å². The average Bonchev–Trinajstić information content (AvgIpc) is 3.08. The van der Waals surface area contributed by atoms with Crippen molar-refractivity contribution in [2.24, 2.45) is 0 Å². The predicted octanol–water partition coefficient (Wildman–Crippen LogP) is 5.12. The first-order valence-electron chi connectivity index (χ1n) is 8.55. The molecule has 28 heavy (non-hydrogen) atoms. The van der Waals surface area contributed by atoms with E-state index in [-0.39, 0.29) is 12.4 Å². The van der Waals surface area contributed by atoms with Crippen molar-refractivity contribution in [3.05, 3.63) is 41.5 Å². The van der Waals surface area contributed by atoms with Crippen LogP contribution in [0.15, 0.2) is 30.3 Å². The number of alkyl halides is 2. The molecule has 2 aromatic carbocycles. The summed E-state index contributed by atoms with van der Waals surface area (Å²) in [5.41, 5.74) is 2.54. The molecular formula is C20H19F2NO4S. The number of aryl methyl sites for hydroxylation is 2. The van der Waals surface area contributed by atoms with Gasteiger partial charge in [-0.1, -0.05) is 0 Å². The summed E-state index contributed by atoms with van der Waals surface area (Å²) in [6.07, 6.45) is -4.06. The summed E-state index contributed by atoms with van der Waals surface area (Å²) in [7, 11) is 1.60. The molecule has 3 aromatic rings. The lowest BCUT2D eigenvalue weighted by atomic mass is 10.1. The van der Waals surface area contributed by atoms with Crippen molar-refractivity contribution in [2.45, 2.75) is 26.9 Å². The van der Waals surface area contributed by atoms with E-state index < -0.39 is 12.1 Å². The average molecular weight is 407 g/mol. The normalized spacial score (nSPS) is 11.5. The van der Waals surface area contributed by atoms with E-state index in [4.69, 9.17) is 9.47 Å². The third kappa shape index (κ3) is 3.91. The fourth-order valence-electron chi connectivity index (χ4n) is 2.78. The Hall–Kier alpha value is -2.74. The van der Waals surface area contributed by atoms with E-state index >= 15 is 0 Å². The fourth-order valence-corrected chi connectivity index (χ4v) is 3.76. The van der Waals surface area contributed by atoms with Gasteiger partial charge >= 0.3 is 12.1 Å². The lowest BCUT2D eigenvalue weighted by molar-refractivity contribution is -0.216. The number of methoxy groups -OCH3 is 1. The van der Waals surface area contributed by atoms with Gasteiger partial charge in [-0.25, -0.2) is 9.78 Å². The molecule has 0 fully saturated rings. The third-order valence-corrected chi connectivity index (χ3v) is 5.11. The zero-order chi connectivity index (χ0) is 20.5. The minimum atomic E-state index is -4.06. The van der Waals surface area contributed by atoms with Crippen molar-refractivity contribution in [2.75, 3.05) is 13.7 Å². The third-order valence-electron chi connectivity index (χ3n) is 4.05. The molecule has 3 rings (SSSR count). The van der Waals surface area contributed by atoms with Gasteiger partial charge in [0.2, 0.25) is 0 Å². The Labute approximate surface area is 164 Å². The highest BCUT2D eigenvalue weighted by atomic mass is 32.1. The highest BCUT2D eigenvalue weighted by Crippen LogP contribution is 2.37. The first-order chi connectivity index (χ1) is 13.2. The molecule has 0 spiro atoms. The van der Waals surface area contributed by atoms with E-state index in [2.05, 4.69) is 9.72 Å². The van der Waals surface area contributed by atoms with Crippen molar-refractivity contribution in [1.82, 2.24) is 4.98 Å². The predicted molar refractivity (Wildman–Crippen MR) is 103 cm³/mol. The minimum absolute atomic E-state index is 0.0513. The second-order valence-corrected chi connectivity index (χ2v) is 7.16. The summed E-state index contributed by atoms with van der Waals surface area (Å²) >= 11 is 1.47. The van der Waals surface area contributed by atoms with Crippen LogP contribution < -0.4 is 9.47 Å². The largest absolute Gasteiger partial charge is 0.502 e. The fraction of sp³-hybridized carbons (Fsp3) is 0.300. The van der Waals surface area contributed by atoms with Gasteiger partial charge in [-0.3, -0.25) is 0 Å². The number of fused-ring (bicyclic) bond motifs is 1. The Morgan fingerprint density at radius 2 is 1.86 bits per heavy atom. The number of aromatic nitrogens is 1. The van der Waals surface area contributed by atoms with Crippen molar-refractivity contribution < 1.29 is 27.8 Å². The van der Waals surface area contributed by atoms with Gasteiger partial charge in [0.25, 0.3) is 0 Å². The van der Waals surface area contributed by atoms with E-state index in [0.717, 1.165) is 26.5 Å². The molecule has 1 aromatic heterocycles. The van der Waals surface area contributed by atoms with E-state index in [1.807, 2.05) is 18.2 Å². The number of halogens is 2. The molecule has 0 bridgehead atoms. The summed E-state index contributed by atoms with van der Waals surface area (Å²) in [5.74, 6) is -1.03. The molecule has 0 radical (unpaired) electrons. The Bertz CT molecular complexity index is 1010. The molecule has 0 N–H and O–H groups in total. The van der Waals surface area contributed by atoms with Gasteiger partial charge in [0, 0.05) is 5.56 Å². The van der Waals surface area contributed by atoms with E-state index in [1.54, 1.807) is 33.1 Å². The molecule has 8 heteroatoms. The number of benzene rings is 2. The number of rotatable bonds is 6. The first-order valence-corrected chi connectivity index (χ1v) is 9.37. The van der Waals surface area contributed by atoms with Crippen molar-refractivity contribution in [3.8, 4) is 22.1 Å². The molecule has 0 saturated heterocycles. The molecule has 0 amide bonds. The van der Waals surface area contributed by atoms with E-state index in [9.17, 15) is 13.6 Å². The van der Waals surface area contributed by atoms with Crippen LogP contribution in [0.1, 0.15) is 18.1 Å². The van der Waals surface area contributed by atoms with E-state index in [0.29, 0.717) is 11.1 Å². The zero-order valence-electron chi connectivity index (χ0n) is 15.8. The Balaban J connectivity index is 1.95. The van der Waals surface area contributed by atoms with Crippen LogP contribution in [0, 0.1) is 13.8 Å². The van der Waals surface area contributed by atoms with Crippen LogP contribution in [0.2, 0.25) is 0 Å². The van der Waals surface area contributed by atoms with Crippen LogP contribution in [0.4, 0.5) is 8.78 Å². The number of carbonyl (C=O) groups excluding carboxylic acids is 1. The molecule has 0 unspecified atom stereocenters. The number of carbonyl (C=O) groups is 1. The second kappa shape index (κ2) is 7.71. The second-order valence-electron chi connectivity index (χ2n) is 6.13. The highest BCUT2D eigenvalue weighted by molar-refractivity contribution is 7.21. The summed E-state index contributed by atoms with van der Waals surface area (Å²) in [6.45, 7) is 4.58. The lowest BCUT2D eigenvalue weighted by Gasteiger charge is -2.19. The molecule has 0 saturated carbocycles. The standard InChI is InChI=1S/C20H19F2NO4S/c1-5-26-19(24)20(21,22)27-17-11(2)8-13(9-12(17)3)18-23-15-7-6-14(25-4)10-16(15)28-18/h6-10H,5H2,1-4H3. The summed E-state index contributed by atoms with van der Waals surface area (Å²) in [4.78, 5) is 16.0. The number of hydrogen-bond donors (Lipinski definition) is 0. The van der Waals surface area contributed by atoms with Gasteiger partial charge in [-0.2, -0.15) is 8.78 Å². The number of ether oxygens (including phenoxy) is 3. The maximum Gasteiger partial charge on any atom is 0.502 e. The van der Waals surface area contributed by atoms with Gasteiger partial charge in [-0.05, 0) is 62.2 Å². The summed E-state index contributed by atoms with van der Waals surface area (Å²) in [6, 6.07) is 9.01. The van der Waals surface area contributed by atoms with Crippen molar-refractivity contribution in [1.29, 1.82) is 0 Å². The zero-order valence-corrected chi connectivity index (χ0v) is 16.7. The highest BCUT2D eigenvalue weighted by Gasteiger charge is 2.44. The Morgan fingerprint density at radius 1 is 1.18 bits per heavy atom. The number of thiazole rings is 1. The molecular weight excluding hydrogens is 388 g/mol. The van der Waals surface area contributed by atoms with Gasteiger partial charge in [-0.15, -0.1) is 11.3 Å². The van der Waals surface area contributed by atoms with Crippen molar-refractivity contribution in [3.63, 3.8) is 0 Å². The number of hydrogen-bond acceptors (Lipinski definition) is 6. The van der Waals surface area contributed by atoms with Crippen LogP contribution in [0.25, 0.3) is 20.8 Å². The van der Waals surface area contributed by atoms with Gasteiger partial charge in [0.1, 0.15) is 16.5 Å².